The molecule has 0 bridgehead atoms. The molecule has 0 nitrogen and oxygen atoms in total. The van der Waals surface area contributed by atoms with Gasteiger partial charge in [0, 0.05) is 5.92 Å². The number of hydrogen-bond donors (Lipinski definition) is 0. The van der Waals surface area contributed by atoms with Crippen molar-refractivity contribution in [2.75, 3.05) is 0 Å². The highest BCUT2D eigenvalue weighted by Gasteiger charge is 2.21. The predicted molar refractivity (Wildman–Crippen MR) is 128 cm³/mol. The summed E-state index contributed by atoms with van der Waals surface area (Å²) in [5.74, 6) is 0.432. The fourth-order valence-corrected chi connectivity index (χ4v) is 2.20. The second-order valence-corrected chi connectivity index (χ2v) is 4.40. The molecule has 150 valence electrons. The fourth-order valence-electron chi connectivity index (χ4n) is 2.20. The third-order valence-corrected chi connectivity index (χ3v) is 3.26. The van der Waals surface area contributed by atoms with Gasteiger partial charge in [0.05, 0.1) is 0 Å². The van der Waals surface area contributed by atoms with E-state index in [9.17, 15) is 0 Å². The lowest BCUT2D eigenvalue weighted by Gasteiger charge is -2.13. The molecule has 0 aromatic heterocycles. The largest absolute Gasteiger partial charge is 0.0991 e. The molecular weight excluding hydrogens is 312 g/mol. The van der Waals surface area contributed by atoms with Gasteiger partial charge in [0.1, 0.15) is 0 Å². The van der Waals surface area contributed by atoms with Crippen molar-refractivity contribution in [3.63, 3.8) is 0 Å². The molecule has 0 spiro atoms. The molecule has 0 N–H and O–H groups in total. The normalized spacial score (nSPS) is 15.4. The maximum atomic E-state index is 3.73. The highest BCUT2D eigenvalue weighted by molar-refractivity contribution is 5.57. The second kappa shape index (κ2) is 25.4. The lowest BCUT2D eigenvalue weighted by molar-refractivity contribution is 0.848. The van der Waals surface area contributed by atoms with E-state index in [1.165, 1.54) is 22.3 Å². The van der Waals surface area contributed by atoms with Gasteiger partial charge in [-0.15, -0.1) is 0 Å². The molecule has 0 aromatic rings. The zero-order valence-electron chi connectivity index (χ0n) is 19.6. The number of rotatable bonds is 5. The first-order chi connectivity index (χ1) is 12.7. The third kappa shape index (κ3) is 12.5. The molecule has 0 aliphatic heterocycles. The summed E-state index contributed by atoms with van der Waals surface area (Å²) in [6.07, 6.45) is 16.3. The summed E-state index contributed by atoms with van der Waals surface area (Å²) in [4.78, 5) is 0. The molecule has 0 heterocycles. The van der Waals surface area contributed by atoms with Gasteiger partial charge in [0.15, 0.2) is 0 Å². The monoisotopic (exact) mass is 358 g/mol. The summed E-state index contributed by atoms with van der Waals surface area (Å²) in [6, 6.07) is 0. The van der Waals surface area contributed by atoms with Gasteiger partial charge >= 0.3 is 0 Å². The fraction of sp³-hybridized carbons (Fsp3) is 0.462. The molecule has 0 aromatic carbocycles. The van der Waals surface area contributed by atoms with Crippen LogP contribution < -0.4 is 0 Å². The van der Waals surface area contributed by atoms with Gasteiger partial charge in [-0.3, -0.25) is 0 Å². The maximum absolute atomic E-state index is 3.73. The Kier molecular flexibility index (Phi) is 31.2. The van der Waals surface area contributed by atoms with Crippen LogP contribution >= 0.6 is 0 Å². The molecule has 1 aliphatic rings. The first-order valence-electron chi connectivity index (χ1n) is 10.3. The van der Waals surface area contributed by atoms with Crippen LogP contribution in [-0.4, -0.2) is 0 Å². The summed E-state index contributed by atoms with van der Waals surface area (Å²) in [7, 11) is 0. The molecule has 1 atom stereocenters. The average Bonchev–Trinajstić information content (AvgIpc) is 3.05. The molecule has 0 amide bonds. The van der Waals surface area contributed by atoms with E-state index in [1.807, 2.05) is 79.7 Å². The van der Waals surface area contributed by atoms with Gasteiger partial charge < -0.3 is 0 Å². The third-order valence-electron chi connectivity index (χ3n) is 3.26. The Bertz CT molecular complexity index is 476. The molecule has 0 heteroatoms. The summed E-state index contributed by atoms with van der Waals surface area (Å²) >= 11 is 0. The Morgan fingerprint density at radius 3 is 1.65 bits per heavy atom. The Hall–Kier alpha value is -1.82. The Morgan fingerprint density at radius 2 is 1.27 bits per heavy atom. The lowest BCUT2D eigenvalue weighted by Crippen LogP contribution is -1.99. The van der Waals surface area contributed by atoms with Crippen molar-refractivity contribution in [3.8, 4) is 0 Å². The van der Waals surface area contributed by atoms with Crippen LogP contribution in [0.15, 0.2) is 84.1 Å². The summed E-state index contributed by atoms with van der Waals surface area (Å²) in [6.45, 7) is 29.9. The molecule has 26 heavy (non-hydrogen) atoms. The molecule has 0 saturated heterocycles. The van der Waals surface area contributed by atoms with E-state index in [-0.39, 0.29) is 0 Å². The van der Waals surface area contributed by atoms with E-state index in [2.05, 4.69) is 58.2 Å². The van der Waals surface area contributed by atoms with Crippen LogP contribution in [-0.2, 0) is 0 Å². The van der Waals surface area contributed by atoms with Crippen LogP contribution in [0.25, 0.3) is 0 Å². The summed E-state index contributed by atoms with van der Waals surface area (Å²) in [5.41, 5.74) is 5.35. The van der Waals surface area contributed by atoms with Crippen molar-refractivity contribution in [1.29, 1.82) is 0 Å². The van der Waals surface area contributed by atoms with E-state index in [0.29, 0.717) is 5.92 Å². The summed E-state index contributed by atoms with van der Waals surface area (Å²) in [5, 5.41) is 0. The van der Waals surface area contributed by atoms with Crippen LogP contribution in [0.4, 0.5) is 0 Å². The van der Waals surface area contributed by atoms with E-state index in [0.717, 1.165) is 0 Å². The topological polar surface area (TPSA) is 0 Å². The van der Waals surface area contributed by atoms with Crippen LogP contribution in [0.1, 0.15) is 76.2 Å². The van der Waals surface area contributed by atoms with Gasteiger partial charge in [-0.2, -0.15) is 0 Å². The van der Waals surface area contributed by atoms with Gasteiger partial charge in [-0.05, 0) is 30.6 Å². The number of hydrogen-bond acceptors (Lipinski definition) is 0. The quantitative estimate of drug-likeness (QED) is 0.429. The molecule has 0 saturated carbocycles. The highest BCUT2D eigenvalue weighted by Crippen LogP contribution is 2.37. The highest BCUT2D eigenvalue weighted by atomic mass is 14.3. The van der Waals surface area contributed by atoms with Crippen molar-refractivity contribution < 1.29 is 0 Å². The molecular formula is C26H46. The minimum atomic E-state index is 0.432. The minimum absolute atomic E-state index is 0.432. The standard InChI is InChI=1S/C18H22.4C2H6/c1-6-9-11-16-13-17(12-10-7-2)18(15(16)5)14(4)8-3;4*1-2/h6-13,15H,1-2H2,3-5H3;4*1-2H3/b11-9-,12-10-,14-8-;;;;. The molecule has 0 radical (unpaired) electrons. The molecule has 0 fully saturated rings. The predicted octanol–water partition coefficient (Wildman–Crippen LogP) is 9.41. The summed E-state index contributed by atoms with van der Waals surface area (Å²) < 4.78 is 0. The average molecular weight is 359 g/mol. The van der Waals surface area contributed by atoms with E-state index in [1.54, 1.807) is 0 Å². The van der Waals surface area contributed by atoms with Crippen LogP contribution in [0.3, 0.4) is 0 Å². The zero-order valence-corrected chi connectivity index (χ0v) is 19.6. The molecule has 1 aliphatic carbocycles. The SMILES string of the molecule is C=C/C=C\C1=CC(/C=C\C=C)=C(C(/C)=C\C)C1C.CC.CC.CC.CC. The Morgan fingerprint density at radius 1 is 0.846 bits per heavy atom. The molecule has 1 rings (SSSR count). The van der Waals surface area contributed by atoms with E-state index < -0.39 is 0 Å². The first-order valence-corrected chi connectivity index (χ1v) is 10.3. The van der Waals surface area contributed by atoms with Crippen molar-refractivity contribution in [2.24, 2.45) is 5.92 Å². The van der Waals surface area contributed by atoms with Gasteiger partial charge in [0.25, 0.3) is 0 Å². The zero-order chi connectivity index (χ0) is 21.5. The smallest absolute Gasteiger partial charge is 0.00696 e. The second-order valence-electron chi connectivity index (χ2n) is 4.40. The van der Waals surface area contributed by atoms with Gasteiger partial charge in [-0.25, -0.2) is 0 Å². The van der Waals surface area contributed by atoms with Crippen molar-refractivity contribution in [1.82, 2.24) is 0 Å². The Balaban J connectivity index is -0.000000266. The van der Waals surface area contributed by atoms with E-state index >= 15 is 0 Å². The first kappa shape index (κ1) is 31.9. The van der Waals surface area contributed by atoms with Crippen LogP contribution in [0.2, 0.25) is 0 Å². The van der Waals surface area contributed by atoms with Crippen molar-refractivity contribution in [2.45, 2.75) is 76.2 Å². The minimum Gasteiger partial charge on any atom is -0.0991 e. The van der Waals surface area contributed by atoms with Gasteiger partial charge in [-0.1, -0.05) is 130 Å². The molecule has 1 unspecified atom stereocenters. The Labute approximate surface area is 166 Å². The number of allylic oxidation sites excluding steroid dienone is 12. The van der Waals surface area contributed by atoms with E-state index in [4.69, 9.17) is 0 Å². The maximum Gasteiger partial charge on any atom is 0.00696 e. The van der Waals surface area contributed by atoms with Crippen LogP contribution in [0, 0.1) is 5.92 Å². The lowest BCUT2D eigenvalue weighted by atomic mass is 9.91. The van der Waals surface area contributed by atoms with Crippen molar-refractivity contribution in [3.05, 3.63) is 84.1 Å². The van der Waals surface area contributed by atoms with Crippen LogP contribution in [0.5, 0.6) is 0 Å². The van der Waals surface area contributed by atoms with Crippen molar-refractivity contribution >= 4 is 0 Å². The van der Waals surface area contributed by atoms with Gasteiger partial charge in [0.2, 0.25) is 0 Å².